The molecular formula is C5H9N3O. The maximum Gasteiger partial charge on any atom is 0.235 e. The number of hydrogen-bond donors (Lipinski definition) is 1. The third kappa shape index (κ3) is 1.06. The smallest absolute Gasteiger partial charge is 0.235 e. The minimum Gasteiger partial charge on any atom is -0.494 e. The lowest BCUT2D eigenvalue weighted by Gasteiger charge is -2.06. The van der Waals surface area contributed by atoms with E-state index in [1.54, 1.807) is 0 Å². The van der Waals surface area contributed by atoms with Gasteiger partial charge in [-0.05, 0) is 11.1 Å². The Morgan fingerprint density at radius 2 is 2.22 bits per heavy atom. The molecule has 4 heteroatoms. The number of aliphatic hydroxyl groups is 1. The van der Waals surface area contributed by atoms with E-state index in [0.717, 1.165) is 0 Å². The van der Waals surface area contributed by atoms with E-state index >= 15 is 0 Å². The summed E-state index contributed by atoms with van der Waals surface area (Å²) in [6.07, 6.45) is 0. The Kier molecular flexibility index (Phi) is 1.46. The lowest BCUT2D eigenvalue weighted by atomic mass is 10.1. The monoisotopic (exact) mass is 127 g/mol. The molecule has 1 heterocycles. The van der Waals surface area contributed by atoms with Gasteiger partial charge in [0.05, 0.1) is 0 Å². The van der Waals surface area contributed by atoms with Crippen molar-refractivity contribution in [3.05, 3.63) is 0 Å². The van der Waals surface area contributed by atoms with Crippen molar-refractivity contribution in [2.45, 2.75) is 19.9 Å². The second kappa shape index (κ2) is 2.13. The van der Waals surface area contributed by atoms with Crippen molar-refractivity contribution in [2.24, 2.45) is 21.4 Å². The van der Waals surface area contributed by atoms with E-state index in [1.165, 1.54) is 0 Å². The maximum absolute atomic E-state index is 8.92. The molecule has 1 N–H and O–H groups in total. The summed E-state index contributed by atoms with van der Waals surface area (Å²) >= 11 is 0. The molecule has 0 aliphatic carbocycles. The molecule has 1 unspecified atom stereocenters. The fraction of sp³-hybridized carbons (Fsp3) is 0.800. The highest BCUT2D eigenvalue weighted by Crippen LogP contribution is 2.12. The predicted octanol–water partition coefficient (Wildman–Crippen LogP) is 1.35. The summed E-state index contributed by atoms with van der Waals surface area (Å²) in [6.45, 7) is 3.92. The second-order valence-corrected chi connectivity index (χ2v) is 2.35. The third-order valence-electron chi connectivity index (χ3n) is 1.22. The quantitative estimate of drug-likeness (QED) is 0.567. The minimum atomic E-state index is -0.204. The Morgan fingerprint density at radius 1 is 1.56 bits per heavy atom. The molecule has 9 heavy (non-hydrogen) atoms. The molecule has 0 fully saturated rings. The van der Waals surface area contributed by atoms with Crippen LogP contribution in [0, 0.1) is 5.92 Å². The van der Waals surface area contributed by atoms with Gasteiger partial charge in [0.2, 0.25) is 5.90 Å². The van der Waals surface area contributed by atoms with Gasteiger partial charge in [0.25, 0.3) is 0 Å². The summed E-state index contributed by atoms with van der Waals surface area (Å²) in [5.41, 5.74) is 0. The Hall–Kier alpha value is -0.930. The number of hydrogen-bond acceptors (Lipinski definition) is 3. The molecule has 4 nitrogen and oxygen atoms in total. The van der Waals surface area contributed by atoms with Crippen molar-refractivity contribution in [2.75, 3.05) is 0 Å². The van der Waals surface area contributed by atoms with Gasteiger partial charge in [0, 0.05) is 0 Å². The molecule has 0 saturated heterocycles. The van der Waals surface area contributed by atoms with Crippen LogP contribution in [0.2, 0.25) is 0 Å². The summed E-state index contributed by atoms with van der Waals surface area (Å²) in [4.78, 5) is 0. The van der Waals surface area contributed by atoms with Crippen LogP contribution >= 0.6 is 0 Å². The average molecular weight is 127 g/mol. The largest absolute Gasteiger partial charge is 0.494 e. The fourth-order valence-electron chi connectivity index (χ4n) is 0.670. The molecule has 0 saturated carbocycles. The highest BCUT2D eigenvalue weighted by Gasteiger charge is 2.22. The van der Waals surface area contributed by atoms with Gasteiger partial charge >= 0.3 is 0 Å². The Morgan fingerprint density at radius 3 is 2.44 bits per heavy atom. The normalized spacial score (nSPS) is 25.2. The third-order valence-corrected chi connectivity index (χ3v) is 1.22. The molecule has 0 bridgehead atoms. The molecule has 50 valence electrons. The summed E-state index contributed by atoms with van der Waals surface area (Å²) < 4.78 is 0. The van der Waals surface area contributed by atoms with Crippen LogP contribution < -0.4 is 0 Å². The first-order valence-corrected chi connectivity index (χ1v) is 2.88. The summed E-state index contributed by atoms with van der Waals surface area (Å²) in [7, 11) is 0. The van der Waals surface area contributed by atoms with Gasteiger partial charge in [-0.25, -0.2) is 0 Å². The van der Waals surface area contributed by atoms with Crippen LogP contribution in [0.3, 0.4) is 0 Å². The summed E-state index contributed by atoms with van der Waals surface area (Å²) in [5.74, 6) is 0.310. The zero-order valence-corrected chi connectivity index (χ0v) is 5.44. The van der Waals surface area contributed by atoms with Crippen LogP contribution in [0.4, 0.5) is 0 Å². The summed E-state index contributed by atoms with van der Waals surface area (Å²) in [6, 6.07) is -0.204. The van der Waals surface area contributed by atoms with Crippen LogP contribution in [0.1, 0.15) is 13.8 Å². The van der Waals surface area contributed by atoms with Gasteiger partial charge in [-0.3, -0.25) is 0 Å². The molecule has 1 atom stereocenters. The van der Waals surface area contributed by atoms with Crippen LogP contribution in [0.5, 0.6) is 0 Å². The topological polar surface area (TPSA) is 57.3 Å². The molecule has 0 aromatic heterocycles. The first-order valence-electron chi connectivity index (χ1n) is 2.88. The van der Waals surface area contributed by atoms with Crippen molar-refractivity contribution >= 4 is 5.90 Å². The van der Waals surface area contributed by atoms with Crippen molar-refractivity contribution < 1.29 is 5.11 Å². The van der Waals surface area contributed by atoms with Crippen molar-refractivity contribution in [1.29, 1.82) is 0 Å². The average Bonchev–Trinajstić information content (AvgIpc) is 2.13. The van der Waals surface area contributed by atoms with Crippen molar-refractivity contribution in [3.63, 3.8) is 0 Å². The van der Waals surface area contributed by atoms with E-state index in [9.17, 15) is 0 Å². The van der Waals surface area contributed by atoms with Crippen LogP contribution in [-0.4, -0.2) is 17.0 Å². The van der Waals surface area contributed by atoms with Gasteiger partial charge in [-0.2, -0.15) is 5.11 Å². The van der Waals surface area contributed by atoms with Crippen LogP contribution in [0.25, 0.3) is 0 Å². The number of nitrogens with zero attached hydrogens (tertiary/aromatic N) is 3. The minimum absolute atomic E-state index is 0.0324. The van der Waals surface area contributed by atoms with E-state index in [-0.39, 0.29) is 17.9 Å². The van der Waals surface area contributed by atoms with Gasteiger partial charge in [-0.1, -0.05) is 18.9 Å². The molecule has 0 aromatic rings. The zero-order chi connectivity index (χ0) is 6.85. The summed E-state index contributed by atoms with van der Waals surface area (Å²) in [5, 5.41) is 19.3. The van der Waals surface area contributed by atoms with Crippen molar-refractivity contribution in [3.8, 4) is 0 Å². The van der Waals surface area contributed by atoms with Gasteiger partial charge in [0.15, 0.2) is 6.04 Å². The standard InChI is InChI=1S/C5H9N3O/c1-3(2)4-5(9)7-8-6-4/h3-4H,1-2H3,(H,6,7,9). The molecule has 1 rings (SSSR count). The van der Waals surface area contributed by atoms with Gasteiger partial charge in [0.1, 0.15) is 0 Å². The molecule has 0 amide bonds. The molecular weight excluding hydrogens is 118 g/mol. The molecule has 0 spiro atoms. The lowest BCUT2D eigenvalue weighted by Crippen LogP contribution is -2.20. The Bertz CT molecular complexity index is 162. The van der Waals surface area contributed by atoms with E-state index in [0.29, 0.717) is 0 Å². The van der Waals surface area contributed by atoms with Crippen LogP contribution in [-0.2, 0) is 0 Å². The lowest BCUT2D eigenvalue weighted by molar-refractivity contribution is 0.475. The fourth-order valence-corrected chi connectivity index (χ4v) is 0.670. The first kappa shape index (κ1) is 6.19. The van der Waals surface area contributed by atoms with E-state index in [1.807, 2.05) is 13.8 Å². The number of rotatable bonds is 1. The zero-order valence-electron chi connectivity index (χ0n) is 5.44. The highest BCUT2D eigenvalue weighted by atomic mass is 16.3. The van der Waals surface area contributed by atoms with E-state index in [2.05, 4.69) is 15.4 Å². The highest BCUT2D eigenvalue weighted by molar-refractivity contribution is 5.80. The Labute approximate surface area is 53.3 Å². The number of aliphatic hydroxyl groups excluding tert-OH is 1. The first-order chi connectivity index (χ1) is 4.22. The molecule has 0 radical (unpaired) electrons. The second-order valence-electron chi connectivity index (χ2n) is 2.35. The molecule has 1 aliphatic rings. The van der Waals surface area contributed by atoms with Crippen molar-refractivity contribution in [1.82, 2.24) is 0 Å². The van der Waals surface area contributed by atoms with E-state index in [4.69, 9.17) is 5.11 Å². The van der Waals surface area contributed by atoms with Crippen LogP contribution in [0.15, 0.2) is 15.4 Å². The van der Waals surface area contributed by atoms with E-state index < -0.39 is 0 Å². The van der Waals surface area contributed by atoms with Gasteiger partial charge in [-0.15, -0.1) is 0 Å². The maximum atomic E-state index is 8.92. The molecule has 0 aromatic carbocycles. The predicted molar refractivity (Wildman–Crippen MR) is 33.5 cm³/mol. The SMILES string of the molecule is CC(C)C1N=NN=C1O. The molecule has 1 aliphatic heterocycles. The Balaban J connectivity index is 2.63. The van der Waals surface area contributed by atoms with Gasteiger partial charge < -0.3 is 5.11 Å².